The Morgan fingerprint density at radius 3 is 2.50 bits per heavy atom. The van der Waals surface area contributed by atoms with Gasteiger partial charge in [0.1, 0.15) is 6.04 Å². The molecule has 20 heavy (non-hydrogen) atoms. The number of amides is 1. The van der Waals surface area contributed by atoms with Crippen molar-refractivity contribution in [2.24, 2.45) is 0 Å². The summed E-state index contributed by atoms with van der Waals surface area (Å²) in [7, 11) is 0. The summed E-state index contributed by atoms with van der Waals surface area (Å²) in [6.45, 7) is 0. The van der Waals surface area contributed by atoms with Gasteiger partial charge in [0.05, 0.1) is 0 Å². The van der Waals surface area contributed by atoms with Crippen molar-refractivity contribution in [3.63, 3.8) is 0 Å². The normalized spacial score (nSPS) is 11.6. The second-order valence-electron chi connectivity index (χ2n) is 4.16. The van der Waals surface area contributed by atoms with Crippen LogP contribution < -0.4 is 5.32 Å². The van der Waals surface area contributed by atoms with Gasteiger partial charge in [0.25, 0.3) is 5.91 Å². The topological polar surface area (TPSA) is 92.2 Å². The van der Waals surface area contributed by atoms with Crippen molar-refractivity contribution >= 4 is 11.9 Å². The number of benzene rings is 1. The standard InChI is InChI=1S/C14H13N3O3/c18-13(11-7-4-8-15-17-11)16-12(14(19)20)9-10-5-2-1-3-6-10/h1-8,12H,9H2,(H,16,18)(H,19,20)/t12-/m0/s1. The second-order valence-corrected chi connectivity index (χ2v) is 4.16. The van der Waals surface area contributed by atoms with E-state index in [2.05, 4.69) is 15.5 Å². The quantitative estimate of drug-likeness (QED) is 0.843. The van der Waals surface area contributed by atoms with Crippen molar-refractivity contribution in [3.8, 4) is 0 Å². The van der Waals surface area contributed by atoms with Crippen LogP contribution in [0.5, 0.6) is 0 Å². The van der Waals surface area contributed by atoms with E-state index < -0.39 is 17.9 Å². The van der Waals surface area contributed by atoms with Gasteiger partial charge in [0, 0.05) is 12.6 Å². The van der Waals surface area contributed by atoms with Crippen molar-refractivity contribution < 1.29 is 14.7 Å². The number of rotatable bonds is 5. The van der Waals surface area contributed by atoms with Gasteiger partial charge in [-0.05, 0) is 17.7 Å². The predicted octanol–water partition coefficient (Wildman–Crippen LogP) is 0.902. The van der Waals surface area contributed by atoms with E-state index in [9.17, 15) is 14.7 Å². The summed E-state index contributed by atoms with van der Waals surface area (Å²) >= 11 is 0. The van der Waals surface area contributed by atoms with E-state index in [4.69, 9.17) is 0 Å². The number of carbonyl (C=O) groups excluding carboxylic acids is 1. The Balaban J connectivity index is 2.07. The van der Waals surface area contributed by atoms with Gasteiger partial charge in [0.2, 0.25) is 0 Å². The smallest absolute Gasteiger partial charge is 0.326 e. The molecule has 0 saturated heterocycles. The minimum Gasteiger partial charge on any atom is -0.480 e. The average Bonchev–Trinajstić information content (AvgIpc) is 2.48. The first-order chi connectivity index (χ1) is 9.66. The van der Waals surface area contributed by atoms with Crippen molar-refractivity contribution in [2.45, 2.75) is 12.5 Å². The Morgan fingerprint density at radius 2 is 1.90 bits per heavy atom. The van der Waals surface area contributed by atoms with Crippen molar-refractivity contribution in [3.05, 3.63) is 59.9 Å². The zero-order valence-corrected chi connectivity index (χ0v) is 10.6. The Hall–Kier alpha value is -2.76. The highest BCUT2D eigenvalue weighted by molar-refractivity contribution is 5.94. The highest BCUT2D eigenvalue weighted by Gasteiger charge is 2.21. The van der Waals surface area contributed by atoms with Gasteiger partial charge in [-0.15, -0.1) is 5.10 Å². The average molecular weight is 271 g/mol. The third kappa shape index (κ3) is 3.61. The largest absolute Gasteiger partial charge is 0.480 e. The van der Waals surface area contributed by atoms with E-state index in [1.165, 1.54) is 12.3 Å². The Morgan fingerprint density at radius 1 is 1.15 bits per heavy atom. The number of hydrogen-bond donors (Lipinski definition) is 2. The SMILES string of the molecule is O=C(N[C@@H](Cc1ccccc1)C(=O)O)c1cccnn1. The van der Waals surface area contributed by atoms with Gasteiger partial charge in [-0.25, -0.2) is 4.79 Å². The predicted molar refractivity (Wildman–Crippen MR) is 71.1 cm³/mol. The molecule has 0 fully saturated rings. The van der Waals surface area contributed by atoms with Crippen LogP contribution in [0.4, 0.5) is 0 Å². The van der Waals surface area contributed by atoms with Crippen LogP contribution in [0.3, 0.4) is 0 Å². The number of aromatic nitrogens is 2. The molecule has 0 saturated carbocycles. The zero-order valence-electron chi connectivity index (χ0n) is 10.6. The summed E-state index contributed by atoms with van der Waals surface area (Å²) < 4.78 is 0. The third-order valence-electron chi connectivity index (χ3n) is 2.69. The molecule has 0 aliphatic heterocycles. The first kappa shape index (κ1) is 13.7. The van der Waals surface area contributed by atoms with Crippen LogP contribution in [0, 0.1) is 0 Å². The lowest BCUT2D eigenvalue weighted by Gasteiger charge is -2.14. The number of nitrogens with zero attached hydrogens (tertiary/aromatic N) is 2. The molecule has 1 heterocycles. The molecule has 6 heteroatoms. The molecule has 0 radical (unpaired) electrons. The first-order valence-corrected chi connectivity index (χ1v) is 6.02. The maximum atomic E-state index is 11.9. The molecule has 0 bridgehead atoms. The van der Waals surface area contributed by atoms with Gasteiger partial charge in [-0.2, -0.15) is 5.10 Å². The lowest BCUT2D eigenvalue weighted by atomic mass is 10.1. The Kier molecular flexibility index (Phi) is 4.39. The van der Waals surface area contributed by atoms with Gasteiger partial charge in [0.15, 0.2) is 5.69 Å². The highest BCUT2D eigenvalue weighted by Crippen LogP contribution is 2.04. The zero-order chi connectivity index (χ0) is 14.4. The fourth-order valence-electron chi connectivity index (χ4n) is 1.70. The maximum absolute atomic E-state index is 11.9. The van der Waals surface area contributed by atoms with Crippen LogP contribution in [-0.2, 0) is 11.2 Å². The minimum absolute atomic E-state index is 0.0896. The first-order valence-electron chi connectivity index (χ1n) is 6.02. The van der Waals surface area contributed by atoms with E-state index in [0.29, 0.717) is 0 Å². The van der Waals surface area contributed by atoms with Gasteiger partial charge < -0.3 is 10.4 Å². The number of hydrogen-bond acceptors (Lipinski definition) is 4. The summed E-state index contributed by atoms with van der Waals surface area (Å²) in [4.78, 5) is 23.1. The number of nitrogens with one attached hydrogen (secondary N) is 1. The van der Waals surface area contributed by atoms with E-state index in [1.54, 1.807) is 6.07 Å². The molecule has 0 aliphatic carbocycles. The van der Waals surface area contributed by atoms with E-state index in [0.717, 1.165) is 5.56 Å². The van der Waals surface area contributed by atoms with Crippen LogP contribution >= 0.6 is 0 Å². The van der Waals surface area contributed by atoms with E-state index >= 15 is 0 Å². The van der Waals surface area contributed by atoms with Crippen LogP contribution in [0.1, 0.15) is 16.1 Å². The Bertz CT molecular complexity index is 587. The Labute approximate surface area is 115 Å². The summed E-state index contributed by atoms with van der Waals surface area (Å²) in [5, 5.41) is 18.8. The third-order valence-corrected chi connectivity index (χ3v) is 2.69. The summed E-state index contributed by atoms with van der Waals surface area (Å²) in [6.07, 6.45) is 1.65. The molecule has 1 aromatic carbocycles. The molecule has 2 N–H and O–H groups in total. The number of carboxylic acid groups (broad SMARTS) is 1. The van der Waals surface area contributed by atoms with E-state index in [1.807, 2.05) is 30.3 Å². The molecule has 2 aromatic rings. The lowest BCUT2D eigenvalue weighted by molar-refractivity contribution is -0.139. The van der Waals surface area contributed by atoms with Gasteiger partial charge in [-0.1, -0.05) is 30.3 Å². The number of carbonyl (C=O) groups is 2. The number of aliphatic carboxylic acids is 1. The van der Waals surface area contributed by atoms with Crippen LogP contribution in [0.2, 0.25) is 0 Å². The van der Waals surface area contributed by atoms with Gasteiger partial charge in [-0.3, -0.25) is 4.79 Å². The lowest BCUT2D eigenvalue weighted by Crippen LogP contribution is -2.42. The second kappa shape index (κ2) is 6.42. The molecule has 0 aliphatic rings. The van der Waals surface area contributed by atoms with Crippen molar-refractivity contribution in [1.82, 2.24) is 15.5 Å². The summed E-state index contributed by atoms with van der Waals surface area (Å²) in [5.41, 5.74) is 0.922. The minimum atomic E-state index is -1.09. The molecule has 6 nitrogen and oxygen atoms in total. The monoisotopic (exact) mass is 271 g/mol. The summed E-state index contributed by atoms with van der Waals surface area (Å²) in [6, 6.07) is 11.1. The molecule has 1 aromatic heterocycles. The fourth-order valence-corrected chi connectivity index (χ4v) is 1.70. The maximum Gasteiger partial charge on any atom is 0.326 e. The van der Waals surface area contributed by atoms with E-state index in [-0.39, 0.29) is 12.1 Å². The molecule has 1 amide bonds. The van der Waals surface area contributed by atoms with Crippen LogP contribution in [0.25, 0.3) is 0 Å². The fraction of sp³-hybridized carbons (Fsp3) is 0.143. The molecular formula is C14H13N3O3. The molecule has 1 atom stereocenters. The van der Waals surface area contributed by atoms with Crippen molar-refractivity contribution in [1.29, 1.82) is 0 Å². The van der Waals surface area contributed by atoms with Crippen molar-refractivity contribution in [2.75, 3.05) is 0 Å². The molecule has 102 valence electrons. The molecule has 0 unspecified atom stereocenters. The van der Waals surface area contributed by atoms with Crippen LogP contribution in [-0.4, -0.2) is 33.2 Å². The summed E-state index contributed by atoms with van der Waals surface area (Å²) in [5.74, 6) is -1.65. The molecule has 0 spiro atoms. The molecule has 2 rings (SSSR count). The highest BCUT2D eigenvalue weighted by atomic mass is 16.4. The van der Waals surface area contributed by atoms with Gasteiger partial charge >= 0.3 is 5.97 Å². The van der Waals surface area contributed by atoms with Crippen LogP contribution in [0.15, 0.2) is 48.7 Å². The molecular weight excluding hydrogens is 258 g/mol. The number of carboxylic acids is 1.